The first-order valence-corrected chi connectivity index (χ1v) is 7.16. The predicted octanol–water partition coefficient (Wildman–Crippen LogP) is 2.83. The van der Waals surface area contributed by atoms with Crippen LogP contribution in [0.25, 0.3) is 0 Å². The standard InChI is InChI=1S/C17H19N3O/c1-13(12-21-15-8-3-2-4-9-15)19-17-18-11-14-7-5-6-10-16(14)20-17/h2-10,13H,11-12H2,1H3,(H2,18,19,20)/t13-/m0/s1. The minimum absolute atomic E-state index is 0.168. The predicted molar refractivity (Wildman–Crippen MR) is 84.9 cm³/mol. The second-order valence-electron chi connectivity index (χ2n) is 5.11. The Bertz CT molecular complexity index is 625. The van der Waals surface area contributed by atoms with Crippen LogP contribution in [0.4, 0.5) is 5.69 Å². The van der Waals surface area contributed by atoms with Crippen LogP contribution in [0.1, 0.15) is 12.5 Å². The van der Waals surface area contributed by atoms with Crippen molar-refractivity contribution in [2.45, 2.75) is 19.5 Å². The Morgan fingerprint density at radius 2 is 1.90 bits per heavy atom. The number of hydrogen-bond acceptors (Lipinski definition) is 4. The van der Waals surface area contributed by atoms with E-state index in [-0.39, 0.29) is 6.04 Å². The summed E-state index contributed by atoms with van der Waals surface area (Å²) in [5.41, 5.74) is 2.24. The highest BCUT2D eigenvalue weighted by Crippen LogP contribution is 2.20. The fourth-order valence-electron chi connectivity index (χ4n) is 2.20. The summed E-state index contributed by atoms with van der Waals surface area (Å²) in [5, 5.41) is 6.63. The first kappa shape index (κ1) is 13.5. The van der Waals surface area contributed by atoms with Crippen LogP contribution in [-0.4, -0.2) is 18.6 Å². The van der Waals surface area contributed by atoms with Gasteiger partial charge in [-0.1, -0.05) is 36.4 Å². The maximum atomic E-state index is 5.73. The lowest BCUT2D eigenvalue weighted by atomic mass is 10.1. The van der Waals surface area contributed by atoms with Crippen LogP contribution in [0.5, 0.6) is 5.75 Å². The Labute approximate surface area is 124 Å². The number of para-hydroxylation sites is 2. The van der Waals surface area contributed by atoms with E-state index in [4.69, 9.17) is 4.74 Å². The third-order valence-electron chi connectivity index (χ3n) is 3.30. The number of benzene rings is 2. The van der Waals surface area contributed by atoms with Crippen molar-refractivity contribution in [3.63, 3.8) is 0 Å². The average molecular weight is 281 g/mol. The van der Waals surface area contributed by atoms with Gasteiger partial charge in [-0.2, -0.15) is 0 Å². The maximum absolute atomic E-state index is 5.73. The van der Waals surface area contributed by atoms with Crippen molar-refractivity contribution < 1.29 is 4.74 Å². The van der Waals surface area contributed by atoms with Crippen LogP contribution in [-0.2, 0) is 6.54 Å². The number of hydrogen-bond donors (Lipinski definition) is 2. The molecule has 0 spiro atoms. The second kappa shape index (κ2) is 6.31. The topological polar surface area (TPSA) is 45.6 Å². The van der Waals surface area contributed by atoms with E-state index < -0.39 is 0 Å². The molecule has 21 heavy (non-hydrogen) atoms. The number of aliphatic imine (C=N–C) groups is 1. The van der Waals surface area contributed by atoms with Crippen LogP contribution in [0.2, 0.25) is 0 Å². The van der Waals surface area contributed by atoms with Gasteiger partial charge >= 0.3 is 0 Å². The molecule has 0 fully saturated rings. The zero-order valence-corrected chi connectivity index (χ0v) is 12.0. The molecule has 2 N–H and O–H groups in total. The lowest BCUT2D eigenvalue weighted by molar-refractivity contribution is 0.285. The molecule has 3 rings (SSSR count). The first-order valence-electron chi connectivity index (χ1n) is 7.16. The van der Waals surface area contributed by atoms with E-state index in [0.29, 0.717) is 6.61 Å². The molecule has 4 nitrogen and oxygen atoms in total. The molecule has 108 valence electrons. The zero-order valence-electron chi connectivity index (χ0n) is 12.0. The summed E-state index contributed by atoms with van der Waals surface area (Å²) in [4.78, 5) is 4.58. The Kier molecular flexibility index (Phi) is 4.05. The summed E-state index contributed by atoms with van der Waals surface area (Å²) in [5.74, 6) is 1.69. The second-order valence-corrected chi connectivity index (χ2v) is 5.11. The van der Waals surface area contributed by atoms with Crippen molar-refractivity contribution in [3.05, 3.63) is 60.2 Å². The van der Waals surface area contributed by atoms with E-state index in [9.17, 15) is 0 Å². The van der Waals surface area contributed by atoms with Gasteiger partial charge in [-0.05, 0) is 30.7 Å². The molecule has 1 aliphatic rings. The Balaban J connectivity index is 1.56. The van der Waals surface area contributed by atoms with Crippen molar-refractivity contribution in [3.8, 4) is 5.75 Å². The number of nitrogens with zero attached hydrogens (tertiary/aromatic N) is 1. The number of fused-ring (bicyclic) bond motifs is 1. The lowest BCUT2D eigenvalue weighted by Crippen LogP contribution is -2.45. The average Bonchev–Trinajstić information content (AvgIpc) is 2.54. The fourth-order valence-corrected chi connectivity index (χ4v) is 2.20. The molecule has 2 aromatic rings. The SMILES string of the molecule is C[C@@H](COc1ccccc1)NC1=Nc2ccccc2CN1. The van der Waals surface area contributed by atoms with Gasteiger partial charge < -0.3 is 15.4 Å². The third kappa shape index (κ3) is 3.54. The molecule has 4 heteroatoms. The van der Waals surface area contributed by atoms with Gasteiger partial charge in [0.1, 0.15) is 12.4 Å². The molecule has 0 saturated heterocycles. The molecule has 0 aliphatic carbocycles. The van der Waals surface area contributed by atoms with Gasteiger partial charge in [0.05, 0.1) is 11.7 Å². The molecule has 1 atom stereocenters. The largest absolute Gasteiger partial charge is 0.491 e. The lowest BCUT2D eigenvalue weighted by Gasteiger charge is -2.22. The molecule has 0 aromatic heterocycles. The van der Waals surface area contributed by atoms with Crippen LogP contribution in [0.3, 0.4) is 0 Å². The summed E-state index contributed by atoms with van der Waals surface area (Å²) >= 11 is 0. The van der Waals surface area contributed by atoms with Gasteiger partial charge in [0.25, 0.3) is 0 Å². The summed E-state index contributed by atoms with van der Waals surface area (Å²) in [7, 11) is 0. The van der Waals surface area contributed by atoms with Crippen LogP contribution >= 0.6 is 0 Å². The molecular formula is C17H19N3O. The van der Waals surface area contributed by atoms with Crippen molar-refractivity contribution in [2.24, 2.45) is 4.99 Å². The van der Waals surface area contributed by atoms with Gasteiger partial charge in [-0.3, -0.25) is 0 Å². The summed E-state index contributed by atoms with van der Waals surface area (Å²) < 4.78 is 5.73. The highest BCUT2D eigenvalue weighted by molar-refractivity contribution is 5.85. The Morgan fingerprint density at radius 3 is 2.76 bits per heavy atom. The molecule has 0 radical (unpaired) electrons. The minimum Gasteiger partial charge on any atom is -0.491 e. The van der Waals surface area contributed by atoms with Crippen LogP contribution in [0.15, 0.2) is 59.6 Å². The molecular weight excluding hydrogens is 262 g/mol. The van der Waals surface area contributed by atoms with E-state index in [1.165, 1.54) is 5.56 Å². The van der Waals surface area contributed by atoms with E-state index in [1.807, 2.05) is 48.5 Å². The quantitative estimate of drug-likeness (QED) is 0.906. The molecule has 1 heterocycles. The normalized spacial score (nSPS) is 14.4. The molecule has 1 aliphatic heterocycles. The van der Waals surface area contributed by atoms with E-state index in [0.717, 1.165) is 23.9 Å². The van der Waals surface area contributed by atoms with Gasteiger partial charge in [0, 0.05) is 6.54 Å². The molecule has 2 aromatic carbocycles. The van der Waals surface area contributed by atoms with Crippen LogP contribution < -0.4 is 15.4 Å². The molecule has 0 bridgehead atoms. The summed E-state index contributed by atoms with van der Waals surface area (Å²) in [6.45, 7) is 3.47. The van der Waals surface area contributed by atoms with Gasteiger partial charge in [-0.25, -0.2) is 4.99 Å². The number of nitrogens with one attached hydrogen (secondary N) is 2. The van der Waals surface area contributed by atoms with Crippen LogP contribution in [0, 0.1) is 0 Å². The Morgan fingerprint density at radius 1 is 1.14 bits per heavy atom. The number of guanidine groups is 1. The fraction of sp³-hybridized carbons (Fsp3) is 0.235. The smallest absolute Gasteiger partial charge is 0.197 e. The molecule has 0 saturated carbocycles. The molecule has 0 amide bonds. The van der Waals surface area contributed by atoms with E-state index in [2.05, 4.69) is 28.6 Å². The highest BCUT2D eigenvalue weighted by atomic mass is 16.5. The van der Waals surface area contributed by atoms with E-state index in [1.54, 1.807) is 0 Å². The summed E-state index contributed by atoms with van der Waals surface area (Å²) in [6.07, 6.45) is 0. The van der Waals surface area contributed by atoms with Crippen molar-refractivity contribution in [1.82, 2.24) is 10.6 Å². The zero-order chi connectivity index (χ0) is 14.5. The Hall–Kier alpha value is -2.49. The minimum atomic E-state index is 0.168. The van der Waals surface area contributed by atoms with Crippen molar-refractivity contribution in [1.29, 1.82) is 0 Å². The van der Waals surface area contributed by atoms with E-state index >= 15 is 0 Å². The van der Waals surface area contributed by atoms with Gasteiger partial charge in [0.2, 0.25) is 0 Å². The first-order chi connectivity index (χ1) is 10.3. The number of ether oxygens (including phenoxy) is 1. The van der Waals surface area contributed by atoms with Gasteiger partial charge in [-0.15, -0.1) is 0 Å². The monoisotopic (exact) mass is 281 g/mol. The maximum Gasteiger partial charge on any atom is 0.197 e. The highest BCUT2D eigenvalue weighted by Gasteiger charge is 2.12. The van der Waals surface area contributed by atoms with Crippen molar-refractivity contribution >= 4 is 11.6 Å². The summed E-state index contributed by atoms with van der Waals surface area (Å²) in [6, 6.07) is 18.2. The molecule has 0 unspecified atom stereocenters. The number of rotatable bonds is 4. The third-order valence-corrected chi connectivity index (χ3v) is 3.30. The van der Waals surface area contributed by atoms with Crippen molar-refractivity contribution in [2.75, 3.05) is 6.61 Å². The van der Waals surface area contributed by atoms with Gasteiger partial charge in [0.15, 0.2) is 5.96 Å².